The summed E-state index contributed by atoms with van der Waals surface area (Å²) in [5.74, 6) is -0.414. The molecular weight excluding hydrogens is 272 g/mol. The number of amides is 1. The number of carboxylic acids is 1. The molecule has 0 heterocycles. The van der Waals surface area contributed by atoms with Crippen molar-refractivity contribution in [1.82, 2.24) is 10.2 Å². The quantitative estimate of drug-likeness (QED) is 0.670. The van der Waals surface area contributed by atoms with E-state index in [4.69, 9.17) is 9.84 Å². The number of hydrogen-bond donors (Lipinski definition) is 2. The molecule has 21 heavy (non-hydrogen) atoms. The zero-order valence-electron chi connectivity index (χ0n) is 12.5. The Morgan fingerprint density at radius 1 is 1.29 bits per heavy atom. The molecule has 0 aliphatic heterocycles. The Labute approximate surface area is 124 Å². The minimum Gasteiger partial charge on any atom is -0.492 e. The predicted octanol–water partition coefficient (Wildman–Crippen LogP) is 1.22. The Hall–Kier alpha value is -2.08. The zero-order valence-corrected chi connectivity index (χ0v) is 12.5. The molecule has 0 aliphatic carbocycles. The van der Waals surface area contributed by atoms with Crippen LogP contribution in [-0.4, -0.2) is 54.7 Å². The first-order valence-corrected chi connectivity index (χ1v) is 7.03. The van der Waals surface area contributed by atoms with Crippen LogP contribution in [0.3, 0.4) is 0 Å². The van der Waals surface area contributed by atoms with Crippen molar-refractivity contribution < 1.29 is 19.4 Å². The van der Waals surface area contributed by atoms with E-state index in [1.807, 2.05) is 13.8 Å². The second kappa shape index (κ2) is 8.97. The first-order chi connectivity index (χ1) is 10.1. The second-order valence-electron chi connectivity index (χ2n) is 4.42. The van der Waals surface area contributed by atoms with Gasteiger partial charge in [0, 0.05) is 19.6 Å². The first-order valence-electron chi connectivity index (χ1n) is 7.03. The highest BCUT2D eigenvalue weighted by Gasteiger charge is 2.08. The van der Waals surface area contributed by atoms with Crippen molar-refractivity contribution >= 4 is 11.9 Å². The van der Waals surface area contributed by atoms with E-state index in [0.717, 1.165) is 0 Å². The van der Waals surface area contributed by atoms with Gasteiger partial charge in [0.1, 0.15) is 12.4 Å². The fourth-order valence-corrected chi connectivity index (χ4v) is 1.84. The molecule has 0 fully saturated rings. The van der Waals surface area contributed by atoms with Crippen molar-refractivity contribution in [2.24, 2.45) is 0 Å². The number of likely N-dealkylation sites (N-methyl/N-ethyl adjacent to an activating group) is 1. The molecule has 0 bridgehead atoms. The normalized spacial score (nSPS) is 10.2. The molecule has 116 valence electrons. The van der Waals surface area contributed by atoms with Gasteiger partial charge in [-0.25, -0.2) is 4.79 Å². The summed E-state index contributed by atoms with van der Waals surface area (Å²) in [5, 5.41) is 11.9. The van der Waals surface area contributed by atoms with Crippen molar-refractivity contribution in [2.75, 3.05) is 32.8 Å². The highest BCUT2D eigenvalue weighted by molar-refractivity contribution is 5.88. The summed E-state index contributed by atoms with van der Waals surface area (Å²) < 4.78 is 5.44. The van der Waals surface area contributed by atoms with Gasteiger partial charge in [-0.2, -0.15) is 0 Å². The Bertz CT molecular complexity index is 472. The SMILES string of the molecule is CCN(CC)C(=O)CNCCOc1cccc(C(=O)O)c1. The van der Waals surface area contributed by atoms with Gasteiger partial charge in [-0.05, 0) is 32.0 Å². The summed E-state index contributed by atoms with van der Waals surface area (Å²) in [4.78, 5) is 24.3. The van der Waals surface area contributed by atoms with Crippen LogP contribution < -0.4 is 10.1 Å². The third-order valence-corrected chi connectivity index (χ3v) is 3.02. The van der Waals surface area contributed by atoms with E-state index >= 15 is 0 Å². The van der Waals surface area contributed by atoms with Gasteiger partial charge in [0.2, 0.25) is 5.91 Å². The molecule has 1 aromatic rings. The van der Waals surface area contributed by atoms with Gasteiger partial charge in [-0.3, -0.25) is 4.79 Å². The second-order valence-corrected chi connectivity index (χ2v) is 4.42. The van der Waals surface area contributed by atoms with Crippen LogP contribution in [0.2, 0.25) is 0 Å². The average Bonchev–Trinajstić information content (AvgIpc) is 2.48. The number of carbonyl (C=O) groups is 2. The van der Waals surface area contributed by atoms with E-state index in [0.29, 0.717) is 32.0 Å². The number of nitrogens with one attached hydrogen (secondary N) is 1. The lowest BCUT2D eigenvalue weighted by Gasteiger charge is -2.18. The van der Waals surface area contributed by atoms with Crippen LogP contribution in [0.25, 0.3) is 0 Å². The molecule has 0 spiro atoms. The summed E-state index contributed by atoms with van der Waals surface area (Å²) in [6.07, 6.45) is 0. The smallest absolute Gasteiger partial charge is 0.335 e. The maximum absolute atomic E-state index is 11.7. The molecule has 0 unspecified atom stereocenters. The number of benzene rings is 1. The van der Waals surface area contributed by atoms with E-state index in [9.17, 15) is 9.59 Å². The van der Waals surface area contributed by atoms with E-state index in [-0.39, 0.29) is 18.0 Å². The van der Waals surface area contributed by atoms with Crippen molar-refractivity contribution in [1.29, 1.82) is 0 Å². The van der Waals surface area contributed by atoms with E-state index in [2.05, 4.69) is 5.32 Å². The molecule has 1 amide bonds. The number of hydrogen-bond acceptors (Lipinski definition) is 4. The van der Waals surface area contributed by atoms with Crippen LogP contribution in [-0.2, 0) is 4.79 Å². The molecule has 0 atom stereocenters. The minimum absolute atomic E-state index is 0.0628. The molecule has 0 aromatic heterocycles. The van der Waals surface area contributed by atoms with E-state index in [1.165, 1.54) is 12.1 Å². The van der Waals surface area contributed by atoms with Gasteiger partial charge in [0.15, 0.2) is 0 Å². The maximum atomic E-state index is 11.7. The van der Waals surface area contributed by atoms with Gasteiger partial charge in [-0.1, -0.05) is 6.07 Å². The summed E-state index contributed by atoms with van der Waals surface area (Å²) in [6.45, 7) is 6.46. The summed E-state index contributed by atoms with van der Waals surface area (Å²) >= 11 is 0. The largest absolute Gasteiger partial charge is 0.492 e. The summed E-state index contributed by atoms with van der Waals surface area (Å²) in [5.41, 5.74) is 0.192. The standard InChI is InChI=1S/C15H22N2O4/c1-3-17(4-2)14(18)11-16-8-9-21-13-7-5-6-12(10-13)15(19)20/h5-7,10,16H,3-4,8-9,11H2,1-2H3,(H,19,20). The van der Waals surface area contributed by atoms with Crippen molar-refractivity contribution in [3.63, 3.8) is 0 Å². The monoisotopic (exact) mass is 294 g/mol. The molecule has 0 saturated heterocycles. The van der Waals surface area contributed by atoms with Crippen molar-refractivity contribution in [3.8, 4) is 5.75 Å². The summed E-state index contributed by atoms with van der Waals surface area (Å²) in [6, 6.07) is 6.32. The number of ether oxygens (including phenoxy) is 1. The predicted molar refractivity (Wildman–Crippen MR) is 79.7 cm³/mol. The van der Waals surface area contributed by atoms with Crippen molar-refractivity contribution in [2.45, 2.75) is 13.8 Å². The Balaban J connectivity index is 2.27. The van der Waals surface area contributed by atoms with Crippen LogP contribution in [0.1, 0.15) is 24.2 Å². The molecule has 0 radical (unpaired) electrons. The third-order valence-electron chi connectivity index (χ3n) is 3.02. The fraction of sp³-hybridized carbons (Fsp3) is 0.467. The zero-order chi connectivity index (χ0) is 15.7. The first kappa shape index (κ1) is 17.0. The highest BCUT2D eigenvalue weighted by Crippen LogP contribution is 2.12. The number of rotatable bonds is 9. The Morgan fingerprint density at radius 3 is 2.62 bits per heavy atom. The molecule has 0 aliphatic rings. The van der Waals surface area contributed by atoms with Crippen LogP contribution in [0.15, 0.2) is 24.3 Å². The van der Waals surface area contributed by atoms with Gasteiger partial charge >= 0.3 is 5.97 Å². The number of carboxylic acid groups (broad SMARTS) is 1. The minimum atomic E-state index is -0.983. The van der Waals surface area contributed by atoms with Crippen molar-refractivity contribution in [3.05, 3.63) is 29.8 Å². The van der Waals surface area contributed by atoms with Crippen LogP contribution >= 0.6 is 0 Å². The molecular formula is C15H22N2O4. The Kier molecular flexibility index (Phi) is 7.25. The topological polar surface area (TPSA) is 78.9 Å². The lowest BCUT2D eigenvalue weighted by Crippen LogP contribution is -2.39. The van der Waals surface area contributed by atoms with Gasteiger partial charge < -0.3 is 20.1 Å². The molecule has 1 rings (SSSR count). The Morgan fingerprint density at radius 2 is 2.00 bits per heavy atom. The van der Waals surface area contributed by atoms with Crippen LogP contribution in [0.5, 0.6) is 5.75 Å². The molecule has 6 heteroatoms. The number of aromatic carboxylic acids is 1. The maximum Gasteiger partial charge on any atom is 0.335 e. The molecule has 0 saturated carbocycles. The van der Waals surface area contributed by atoms with E-state index in [1.54, 1.807) is 17.0 Å². The number of carbonyl (C=O) groups excluding carboxylic acids is 1. The van der Waals surface area contributed by atoms with E-state index < -0.39 is 5.97 Å². The highest BCUT2D eigenvalue weighted by atomic mass is 16.5. The molecule has 6 nitrogen and oxygen atoms in total. The molecule has 1 aromatic carbocycles. The van der Waals surface area contributed by atoms with Gasteiger partial charge in [0.05, 0.1) is 12.1 Å². The van der Waals surface area contributed by atoms with Crippen LogP contribution in [0, 0.1) is 0 Å². The fourth-order valence-electron chi connectivity index (χ4n) is 1.84. The number of nitrogens with zero attached hydrogens (tertiary/aromatic N) is 1. The van der Waals surface area contributed by atoms with Gasteiger partial charge in [-0.15, -0.1) is 0 Å². The van der Waals surface area contributed by atoms with Gasteiger partial charge in [0.25, 0.3) is 0 Å². The average molecular weight is 294 g/mol. The van der Waals surface area contributed by atoms with Crippen LogP contribution in [0.4, 0.5) is 0 Å². The third kappa shape index (κ3) is 5.83. The summed E-state index contributed by atoms with van der Waals surface area (Å²) in [7, 11) is 0. The lowest BCUT2D eigenvalue weighted by atomic mass is 10.2. The molecule has 2 N–H and O–H groups in total. The lowest BCUT2D eigenvalue weighted by molar-refractivity contribution is -0.129.